The largest absolute Gasteiger partial charge is 0.396 e. The van der Waals surface area contributed by atoms with Gasteiger partial charge in [0.15, 0.2) is 0 Å². The lowest BCUT2D eigenvalue weighted by Gasteiger charge is -2.32. The van der Waals surface area contributed by atoms with Crippen LogP contribution in [-0.2, 0) is 0 Å². The standard InChI is InChI=1S/C13H24F3NO/c1-2-10(6-7-18)9-17-12-5-3-4-11(8-12)13(14,15)16/h10-12,17-18H,2-9H2,1H3. The fraction of sp³-hybridized carbons (Fsp3) is 1.00. The van der Waals surface area contributed by atoms with E-state index in [4.69, 9.17) is 5.11 Å². The van der Waals surface area contributed by atoms with Crippen LogP contribution in [0.5, 0.6) is 0 Å². The summed E-state index contributed by atoms with van der Waals surface area (Å²) >= 11 is 0. The minimum atomic E-state index is -4.05. The van der Waals surface area contributed by atoms with Crippen molar-refractivity contribution in [2.24, 2.45) is 11.8 Å². The van der Waals surface area contributed by atoms with E-state index < -0.39 is 12.1 Å². The molecule has 0 aliphatic heterocycles. The summed E-state index contributed by atoms with van der Waals surface area (Å²) in [7, 11) is 0. The number of halogens is 3. The third-order valence-electron chi connectivity index (χ3n) is 3.95. The zero-order valence-corrected chi connectivity index (χ0v) is 11.0. The van der Waals surface area contributed by atoms with Crippen molar-refractivity contribution in [3.63, 3.8) is 0 Å². The van der Waals surface area contributed by atoms with E-state index >= 15 is 0 Å². The molecule has 1 fully saturated rings. The molecule has 108 valence electrons. The average Bonchev–Trinajstić information content (AvgIpc) is 2.34. The Bertz CT molecular complexity index is 233. The Labute approximate surface area is 107 Å². The van der Waals surface area contributed by atoms with Gasteiger partial charge in [-0.15, -0.1) is 0 Å². The zero-order valence-electron chi connectivity index (χ0n) is 11.0. The maximum absolute atomic E-state index is 12.6. The predicted molar refractivity (Wildman–Crippen MR) is 65.3 cm³/mol. The molecule has 0 aromatic rings. The fourth-order valence-electron chi connectivity index (χ4n) is 2.64. The second-order valence-electron chi connectivity index (χ2n) is 5.30. The summed E-state index contributed by atoms with van der Waals surface area (Å²) in [5.74, 6) is -0.775. The lowest BCUT2D eigenvalue weighted by Crippen LogP contribution is -2.40. The number of aliphatic hydroxyl groups excluding tert-OH is 1. The van der Waals surface area contributed by atoms with Crippen LogP contribution >= 0.6 is 0 Å². The molecule has 3 atom stereocenters. The van der Waals surface area contributed by atoms with E-state index in [0.717, 1.165) is 19.3 Å². The Balaban J connectivity index is 2.34. The van der Waals surface area contributed by atoms with Crippen LogP contribution in [0, 0.1) is 11.8 Å². The topological polar surface area (TPSA) is 32.3 Å². The van der Waals surface area contributed by atoms with Crippen molar-refractivity contribution >= 4 is 0 Å². The first kappa shape index (κ1) is 15.8. The molecule has 1 aliphatic rings. The number of nitrogens with one attached hydrogen (secondary N) is 1. The quantitative estimate of drug-likeness (QED) is 0.775. The van der Waals surface area contributed by atoms with Gasteiger partial charge in [-0.1, -0.05) is 19.8 Å². The fourth-order valence-corrected chi connectivity index (χ4v) is 2.64. The number of hydrogen-bond donors (Lipinski definition) is 2. The Morgan fingerprint density at radius 1 is 1.33 bits per heavy atom. The predicted octanol–water partition coefficient (Wildman–Crippen LogP) is 3.11. The normalized spacial score (nSPS) is 27.2. The molecule has 0 aromatic heterocycles. The van der Waals surface area contributed by atoms with Gasteiger partial charge >= 0.3 is 6.18 Å². The first-order valence-electron chi connectivity index (χ1n) is 6.88. The van der Waals surface area contributed by atoms with Crippen molar-refractivity contribution in [2.75, 3.05) is 13.2 Å². The highest BCUT2D eigenvalue weighted by atomic mass is 19.4. The van der Waals surface area contributed by atoms with Gasteiger partial charge in [0, 0.05) is 12.6 Å². The van der Waals surface area contributed by atoms with Gasteiger partial charge < -0.3 is 10.4 Å². The second kappa shape index (κ2) is 7.34. The van der Waals surface area contributed by atoms with Gasteiger partial charge in [0.2, 0.25) is 0 Å². The van der Waals surface area contributed by atoms with Crippen molar-refractivity contribution in [3.05, 3.63) is 0 Å². The molecule has 0 saturated heterocycles. The molecular weight excluding hydrogens is 243 g/mol. The third-order valence-corrected chi connectivity index (χ3v) is 3.95. The van der Waals surface area contributed by atoms with Crippen molar-refractivity contribution in [3.8, 4) is 0 Å². The number of rotatable bonds is 6. The number of alkyl halides is 3. The second-order valence-corrected chi connectivity index (χ2v) is 5.30. The van der Waals surface area contributed by atoms with Crippen LogP contribution in [0.1, 0.15) is 45.4 Å². The highest BCUT2D eigenvalue weighted by Gasteiger charge is 2.41. The molecule has 3 unspecified atom stereocenters. The van der Waals surface area contributed by atoms with Gasteiger partial charge in [0.1, 0.15) is 0 Å². The Morgan fingerprint density at radius 3 is 2.61 bits per heavy atom. The van der Waals surface area contributed by atoms with Crippen LogP contribution in [0.25, 0.3) is 0 Å². The summed E-state index contributed by atoms with van der Waals surface area (Å²) in [6.07, 6.45) is -0.410. The van der Waals surface area contributed by atoms with Crippen LogP contribution in [-0.4, -0.2) is 30.5 Å². The molecule has 0 amide bonds. The van der Waals surface area contributed by atoms with Gasteiger partial charge in [0.05, 0.1) is 5.92 Å². The SMILES string of the molecule is CCC(CCO)CNC1CCCC(C(F)(F)F)C1. The highest BCUT2D eigenvalue weighted by molar-refractivity contribution is 4.82. The van der Waals surface area contributed by atoms with Crippen LogP contribution in [0.4, 0.5) is 13.2 Å². The Kier molecular flexibility index (Phi) is 6.43. The Morgan fingerprint density at radius 2 is 2.06 bits per heavy atom. The monoisotopic (exact) mass is 267 g/mol. The molecule has 0 heterocycles. The maximum atomic E-state index is 12.6. The van der Waals surface area contributed by atoms with Gasteiger partial charge in [0.25, 0.3) is 0 Å². The van der Waals surface area contributed by atoms with E-state index in [1.807, 2.05) is 6.92 Å². The van der Waals surface area contributed by atoms with E-state index in [0.29, 0.717) is 18.9 Å². The van der Waals surface area contributed by atoms with Crippen LogP contribution < -0.4 is 5.32 Å². The molecule has 1 saturated carbocycles. The zero-order chi connectivity index (χ0) is 13.6. The van der Waals surface area contributed by atoms with Crippen molar-refractivity contribution in [1.82, 2.24) is 5.32 Å². The van der Waals surface area contributed by atoms with Crippen molar-refractivity contribution in [2.45, 2.75) is 57.7 Å². The molecule has 2 nitrogen and oxygen atoms in total. The maximum Gasteiger partial charge on any atom is 0.391 e. The lowest BCUT2D eigenvalue weighted by atomic mass is 9.85. The molecular formula is C13H24F3NO. The van der Waals surface area contributed by atoms with E-state index in [2.05, 4.69) is 5.32 Å². The molecule has 2 N–H and O–H groups in total. The summed E-state index contributed by atoms with van der Waals surface area (Å²) in [5.41, 5.74) is 0. The minimum Gasteiger partial charge on any atom is -0.396 e. The summed E-state index contributed by atoms with van der Waals surface area (Å²) in [4.78, 5) is 0. The third kappa shape index (κ3) is 5.14. The van der Waals surface area contributed by atoms with Crippen molar-refractivity contribution in [1.29, 1.82) is 0 Å². The molecule has 0 radical (unpaired) electrons. The van der Waals surface area contributed by atoms with Gasteiger partial charge in [-0.3, -0.25) is 0 Å². The number of hydrogen-bond acceptors (Lipinski definition) is 2. The summed E-state index contributed by atoms with van der Waals surface area (Å²) in [5, 5.41) is 12.1. The molecule has 18 heavy (non-hydrogen) atoms. The smallest absolute Gasteiger partial charge is 0.391 e. The van der Waals surface area contributed by atoms with Crippen LogP contribution in [0.2, 0.25) is 0 Å². The average molecular weight is 267 g/mol. The summed E-state index contributed by atoms with van der Waals surface area (Å²) in [6, 6.07) is -0.0156. The molecule has 1 rings (SSSR count). The van der Waals surface area contributed by atoms with Crippen molar-refractivity contribution < 1.29 is 18.3 Å². The highest BCUT2D eigenvalue weighted by Crippen LogP contribution is 2.37. The van der Waals surface area contributed by atoms with Gasteiger partial charge in [-0.2, -0.15) is 13.2 Å². The molecule has 5 heteroatoms. The van der Waals surface area contributed by atoms with Crippen LogP contribution in [0.3, 0.4) is 0 Å². The first-order chi connectivity index (χ1) is 8.47. The van der Waals surface area contributed by atoms with Crippen LogP contribution in [0.15, 0.2) is 0 Å². The Hall–Kier alpha value is -0.290. The van der Waals surface area contributed by atoms with Gasteiger partial charge in [-0.25, -0.2) is 0 Å². The van der Waals surface area contributed by atoms with E-state index in [1.54, 1.807) is 0 Å². The van der Waals surface area contributed by atoms with E-state index in [9.17, 15) is 13.2 Å². The molecule has 1 aliphatic carbocycles. The molecule has 0 spiro atoms. The summed E-state index contributed by atoms with van der Waals surface area (Å²) in [6.45, 7) is 2.91. The van der Waals surface area contributed by atoms with E-state index in [1.165, 1.54) is 0 Å². The lowest BCUT2D eigenvalue weighted by molar-refractivity contribution is -0.183. The number of aliphatic hydroxyl groups is 1. The van der Waals surface area contributed by atoms with Gasteiger partial charge in [-0.05, 0) is 38.1 Å². The summed E-state index contributed by atoms with van der Waals surface area (Å²) < 4.78 is 37.9. The first-order valence-corrected chi connectivity index (χ1v) is 6.88. The van der Waals surface area contributed by atoms with E-state index in [-0.39, 0.29) is 25.5 Å². The minimum absolute atomic E-state index is 0.0156. The molecule has 0 bridgehead atoms. The molecule has 0 aromatic carbocycles.